The molecule has 1 amide bonds. The predicted molar refractivity (Wildman–Crippen MR) is 125 cm³/mol. The second-order valence-corrected chi connectivity index (χ2v) is 8.07. The first-order valence-electron chi connectivity index (χ1n) is 10.9. The maximum atomic E-state index is 12.3. The average molecular weight is 422 g/mol. The number of fused-ring (bicyclic) bond motifs is 1. The summed E-state index contributed by atoms with van der Waals surface area (Å²) >= 11 is 0. The van der Waals surface area contributed by atoms with Crippen molar-refractivity contribution < 1.29 is 9.53 Å². The number of guanidine groups is 1. The summed E-state index contributed by atoms with van der Waals surface area (Å²) < 4.78 is 5.51. The minimum atomic E-state index is 0.00311. The van der Waals surface area contributed by atoms with Crippen molar-refractivity contribution in [2.24, 2.45) is 4.99 Å². The van der Waals surface area contributed by atoms with Gasteiger partial charge in [-0.25, -0.2) is 0 Å². The highest BCUT2D eigenvalue weighted by atomic mass is 16.5. The van der Waals surface area contributed by atoms with Crippen LogP contribution in [0.3, 0.4) is 0 Å². The first-order valence-corrected chi connectivity index (χ1v) is 10.9. The van der Waals surface area contributed by atoms with Crippen molar-refractivity contribution >= 4 is 23.2 Å². The van der Waals surface area contributed by atoms with Crippen LogP contribution >= 0.6 is 0 Å². The third kappa shape index (κ3) is 5.10. The van der Waals surface area contributed by atoms with Gasteiger partial charge in [0.2, 0.25) is 0 Å². The van der Waals surface area contributed by atoms with Gasteiger partial charge in [0.15, 0.2) is 12.6 Å². The fraction of sp³-hybridized carbons (Fsp3) is 0.417. The van der Waals surface area contributed by atoms with E-state index in [-0.39, 0.29) is 12.5 Å². The summed E-state index contributed by atoms with van der Waals surface area (Å²) in [5, 5.41) is 6.92. The molecule has 2 aliphatic heterocycles. The third-order valence-electron chi connectivity index (χ3n) is 5.81. The van der Waals surface area contributed by atoms with Crippen LogP contribution in [-0.4, -0.2) is 57.7 Å². The summed E-state index contributed by atoms with van der Waals surface area (Å²) in [4.78, 5) is 20.9. The van der Waals surface area contributed by atoms with E-state index in [9.17, 15) is 4.79 Å². The zero-order valence-corrected chi connectivity index (χ0v) is 18.3. The van der Waals surface area contributed by atoms with Crippen molar-refractivity contribution in [3.8, 4) is 5.75 Å². The summed E-state index contributed by atoms with van der Waals surface area (Å²) in [7, 11) is 1.80. The third-order valence-corrected chi connectivity index (χ3v) is 5.81. The zero-order valence-electron chi connectivity index (χ0n) is 18.3. The predicted octanol–water partition coefficient (Wildman–Crippen LogP) is 2.55. The molecule has 1 saturated heterocycles. The van der Waals surface area contributed by atoms with Gasteiger partial charge in [-0.15, -0.1) is 0 Å². The molecule has 0 saturated carbocycles. The van der Waals surface area contributed by atoms with Crippen LogP contribution in [0.5, 0.6) is 5.75 Å². The normalized spacial score (nSPS) is 18.6. The fourth-order valence-corrected chi connectivity index (χ4v) is 4.10. The van der Waals surface area contributed by atoms with Gasteiger partial charge in [-0.1, -0.05) is 29.8 Å². The quantitative estimate of drug-likeness (QED) is 0.426. The molecule has 1 unspecified atom stereocenters. The summed E-state index contributed by atoms with van der Waals surface area (Å²) in [5.74, 6) is 1.58. The van der Waals surface area contributed by atoms with Crippen molar-refractivity contribution in [1.29, 1.82) is 0 Å². The summed E-state index contributed by atoms with van der Waals surface area (Å²) in [6.07, 6.45) is 1.90. The van der Waals surface area contributed by atoms with Crippen molar-refractivity contribution in [3.05, 3.63) is 54.1 Å². The second-order valence-electron chi connectivity index (χ2n) is 8.07. The molecule has 2 aliphatic rings. The van der Waals surface area contributed by atoms with Crippen LogP contribution in [0.25, 0.3) is 0 Å². The fourth-order valence-electron chi connectivity index (χ4n) is 4.10. The van der Waals surface area contributed by atoms with Gasteiger partial charge in [-0.3, -0.25) is 9.79 Å². The Labute approximate surface area is 184 Å². The second kappa shape index (κ2) is 9.73. The van der Waals surface area contributed by atoms with Gasteiger partial charge in [0.25, 0.3) is 5.91 Å². The van der Waals surface area contributed by atoms with Crippen LogP contribution in [0, 0.1) is 6.92 Å². The Balaban J connectivity index is 1.23. The van der Waals surface area contributed by atoms with E-state index < -0.39 is 0 Å². The Bertz CT molecular complexity index is 928. The lowest BCUT2D eigenvalue weighted by atomic mass is 10.2. The molecule has 0 aromatic heterocycles. The van der Waals surface area contributed by atoms with Gasteiger partial charge in [-0.2, -0.15) is 0 Å². The zero-order chi connectivity index (χ0) is 21.6. The molecule has 2 heterocycles. The molecule has 4 rings (SSSR count). The minimum Gasteiger partial charge on any atom is -0.482 e. The van der Waals surface area contributed by atoms with Gasteiger partial charge < -0.3 is 25.2 Å². The number of anilines is 2. The Hall–Kier alpha value is -3.22. The number of para-hydroxylation sites is 2. The molecule has 31 heavy (non-hydrogen) atoms. The highest BCUT2D eigenvalue weighted by Gasteiger charge is 2.25. The topological polar surface area (TPSA) is 69.2 Å². The number of aryl methyl sites for hydroxylation is 1. The van der Waals surface area contributed by atoms with Gasteiger partial charge in [0, 0.05) is 45.0 Å². The van der Waals surface area contributed by atoms with E-state index >= 15 is 0 Å². The summed E-state index contributed by atoms with van der Waals surface area (Å²) in [6.45, 7) is 5.60. The monoisotopic (exact) mass is 421 g/mol. The molecule has 2 aromatic rings. The van der Waals surface area contributed by atoms with Crippen LogP contribution in [0.2, 0.25) is 0 Å². The molecule has 0 radical (unpaired) electrons. The molecule has 7 heteroatoms. The van der Waals surface area contributed by atoms with Gasteiger partial charge >= 0.3 is 0 Å². The maximum absolute atomic E-state index is 12.3. The largest absolute Gasteiger partial charge is 0.482 e. The van der Waals surface area contributed by atoms with Crippen molar-refractivity contribution in [1.82, 2.24) is 10.6 Å². The van der Waals surface area contributed by atoms with Crippen LogP contribution in [0.15, 0.2) is 53.5 Å². The number of amides is 1. The van der Waals surface area contributed by atoms with Crippen LogP contribution < -0.4 is 25.2 Å². The summed E-state index contributed by atoms with van der Waals surface area (Å²) in [6, 6.07) is 16.8. The molecule has 164 valence electrons. The first-order chi connectivity index (χ1) is 15.1. The molecule has 0 spiro atoms. The lowest BCUT2D eigenvalue weighted by molar-refractivity contribution is -0.121. The van der Waals surface area contributed by atoms with Crippen LogP contribution in [-0.2, 0) is 4.79 Å². The molecule has 2 aromatic carbocycles. The number of carbonyl (C=O) groups is 1. The Kier molecular flexibility index (Phi) is 6.60. The van der Waals surface area contributed by atoms with E-state index in [0.29, 0.717) is 12.6 Å². The molecule has 0 aliphatic carbocycles. The molecule has 2 N–H and O–H groups in total. The smallest absolute Gasteiger partial charge is 0.265 e. The van der Waals surface area contributed by atoms with Crippen molar-refractivity contribution in [2.75, 3.05) is 49.6 Å². The highest BCUT2D eigenvalue weighted by Crippen LogP contribution is 2.31. The average Bonchev–Trinajstić information content (AvgIpc) is 3.26. The van der Waals surface area contributed by atoms with E-state index in [0.717, 1.165) is 49.9 Å². The number of benzene rings is 2. The van der Waals surface area contributed by atoms with Crippen molar-refractivity contribution in [2.45, 2.75) is 25.8 Å². The van der Waals surface area contributed by atoms with E-state index in [2.05, 4.69) is 51.7 Å². The number of carbonyl (C=O) groups excluding carboxylic acids is 1. The Morgan fingerprint density at radius 3 is 2.81 bits per heavy atom. The van der Waals surface area contributed by atoms with Gasteiger partial charge in [0.05, 0.1) is 5.69 Å². The molecule has 7 nitrogen and oxygen atoms in total. The Morgan fingerprint density at radius 1 is 1.19 bits per heavy atom. The lowest BCUT2D eigenvalue weighted by Crippen LogP contribution is -2.45. The SMILES string of the molecule is CN=C(NCCCN1C(=O)COc2ccccc21)NC1CCN(c2ccc(C)cc2)C1. The van der Waals surface area contributed by atoms with E-state index in [1.165, 1.54) is 11.3 Å². The minimum absolute atomic E-state index is 0.00311. The molecular formula is C24H31N5O2. The van der Waals surface area contributed by atoms with Gasteiger partial charge in [-0.05, 0) is 44.0 Å². The number of ether oxygens (including phenoxy) is 1. The highest BCUT2D eigenvalue weighted by molar-refractivity contribution is 5.97. The summed E-state index contributed by atoms with van der Waals surface area (Å²) in [5.41, 5.74) is 3.40. The van der Waals surface area contributed by atoms with E-state index in [1.54, 1.807) is 7.05 Å². The molecular weight excluding hydrogens is 390 g/mol. The van der Waals surface area contributed by atoms with E-state index in [1.807, 2.05) is 29.2 Å². The van der Waals surface area contributed by atoms with Crippen molar-refractivity contribution in [3.63, 3.8) is 0 Å². The number of aliphatic imine (C=N–C) groups is 1. The number of hydrogen-bond donors (Lipinski definition) is 2. The lowest BCUT2D eigenvalue weighted by Gasteiger charge is -2.29. The number of rotatable bonds is 6. The molecule has 0 bridgehead atoms. The number of nitrogens with one attached hydrogen (secondary N) is 2. The standard InChI is InChI=1S/C24H31N5O2/c1-18-8-10-20(11-9-18)28-15-12-19(16-28)27-24(25-2)26-13-5-14-29-21-6-3-4-7-22(21)31-17-23(29)30/h3-4,6-11,19H,5,12-17H2,1-2H3,(H2,25,26,27). The van der Waals surface area contributed by atoms with Crippen LogP contribution in [0.1, 0.15) is 18.4 Å². The number of hydrogen-bond acceptors (Lipinski definition) is 4. The molecule has 1 atom stereocenters. The maximum Gasteiger partial charge on any atom is 0.265 e. The number of nitrogens with zero attached hydrogens (tertiary/aromatic N) is 3. The van der Waals surface area contributed by atoms with Crippen LogP contribution in [0.4, 0.5) is 11.4 Å². The molecule has 1 fully saturated rings. The Morgan fingerprint density at radius 2 is 2.00 bits per heavy atom. The van der Waals surface area contributed by atoms with E-state index in [4.69, 9.17) is 4.74 Å². The first kappa shape index (κ1) is 21.0. The van der Waals surface area contributed by atoms with Gasteiger partial charge in [0.1, 0.15) is 5.75 Å².